The van der Waals surface area contributed by atoms with E-state index in [9.17, 15) is 19.5 Å². The molecule has 0 aromatic rings. The van der Waals surface area contributed by atoms with Crippen molar-refractivity contribution in [2.24, 2.45) is 0 Å². The molecule has 0 spiro atoms. The first-order valence-corrected chi connectivity index (χ1v) is 39.1. The van der Waals surface area contributed by atoms with E-state index in [2.05, 4.69) is 86.8 Å². The molecule has 0 fully saturated rings. The van der Waals surface area contributed by atoms with E-state index in [1.54, 1.807) is 0 Å². The molecule has 0 aromatic heterocycles. The second-order valence-electron chi connectivity index (χ2n) is 27.6. The number of nitrogens with zero attached hydrogens (tertiary/aromatic N) is 1. The molecule has 0 saturated carbocycles. The zero-order chi connectivity index (χ0) is 66.1. The molecule has 530 valence electrons. The van der Waals surface area contributed by atoms with Gasteiger partial charge < -0.3 is 33.3 Å². The number of hydrogen-bond acceptors (Lipinski definition) is 8. The van der Waals surface area contributed by atoms with Crippen LogP contribution < -0.4 is 5.11 Å². The molecule has 0 aliphatic rings. The lowest BCUT2D eigenvalue weighted by Crippen LogP contribution is -2.44. The number of quaternary nitrogens is 1. The highest BCUT2D eigenvalue weighted by molar-refractivity contribution is 5.70. The largest absolute Gasteiger partial charge is 0.545 e. The average Bonchev–Trinajstić information content (AvgIpc) is 3.63. The summed E-state index contributed by atoms with van der Waals surface area (Å²) < 4.78 is 22.9. The van der Waals surface area contributed by atoms with Gasteiger partial charge in [0.1, 0.15) is 13.2 Å². The smallest absolute Gasteiger partial charge is 0.306 e. The Hall–Kier alpha value is -3.27. The third kappa shape index (κ3) is 74.0. The average molecular weight is 1280 g/mol. The number of carbonyl (C=O) groups is 3. The molecule has 2 atom stereocenters. The van der Waals surface area contributed by atoms with Gasteiger partial charge in [0.25, 0.3) is 0 Å². The number of esters is 2. The van der Waals surface area contributed by atoms with Crippen LogP contribution in [0.15, 0.2) is 72.9 Å². The van der Waals surface area contributed by atoms with Gasteiger partial charge in [0.05, 0.1) is 40.3 Å². The number of likely N-dealkylation sites (N-methyl/N-ethyl adjacent to an activating group) is 1. The van der Waals surface area contributed by atoms with E-state index < -0.39 is 24.3 Å². The normalized spacial score (nSPS) is 13.0. The van der Waals surface area contributed by atoms with Crippen LogP contribution in [0.3, 0.4) is 0 Å². The Morgan fingerprint density at radius 1 is 0.330 bits per heavy atom. The minimum Gasteiger partial charge on any atom is -0.545 e. The van der Waals surface area contributed by atoms with Crippen LogP contribution in [-0.4, -0.2) is 82.3 Å². The number of hydrogen-bond donors (Lipinski definition) is 0. The van der Waals surface area contributed by atoms with Crippen LogP contribution >= 0.6 is 0 Å². The Balaban J connectivity index is 4.02. The van der Waals surface area contributed by atoms with Gasteiger partial charge in [-0.1, -0.05) is 344 Å². The summed E-state index contributed by atoms with van der Waals surface area (Å²) in [6.07, 6.45) is 94.4. The molecule has 0 aliphatic carbocycles. The number of allylic oxidation sites excluding steroid dienone is 12. The van der Waals surface area contributed by atoms with Crippen molar-refractivity contribution in [3.8, 4) is 0 Å². The van der Waals surface area contributed by atoms with Gasteiger partial charge in [0.15, 0.2) is 12.4 Å². The van der Waals surface area contributed by atoms with Crippen LogP contribution in [0, 0.1) is 0 Å². The van der Waals surface area contributed by atoms with E-state index in [-0.39, 0.29) is 32.2 Å². The number of carbonyl (C=O) groups excluding carboxylic acids is 3. The maximum absolute atomic E-state index is 13.0. The third-order valence-electron chi connectivity index (χ3n) is 17.4. The number of ether oxygens (including phenoxy) is 4. The Morgan fingerprint density at radius 3 is 0.879 bits per heavy atom. The van der Waals surface area contributed by atoms with Crippen molar-refractivity contribution in [1.29, 1.82) is 0 Å². The summed E-state index contributed by atoms with van der Waals surface area (Å²) in [6, 6.07) is 0. The summed E-state index contributed by atoms with van der Waals surface area (Å²) >= 11 is 0. The molecule has 0 amide bonds. The number of unbranched alkanes of at least 4 members (excludes halogenated alkanes) is 46. The summed E-state index contributed by atoms with van der Waals surface area (Å²) in [4.78, 5) is 37.6. The first-order valence-electron chi connectivity index (χ1n) is 39.1. The number of rotatable bonds is 73. The molecular formula is C82H149NO8. The molecule has 2 unspecified atom stereocenters. The van der Waals surface area contributed by atoms with Gasteiger partial charge in [0, 0.05) is 12.8 Å². The second-order valence-corrected chi connectivity index (χ2v) is 27.6. The highest BCUT2D eigenvalue weighted by Crippen LogP contribution is 2.19. The van der Waals surface area contributed by atoms with Gasteiger partial charge >= 0.3 is 11.9 Å². The van der Waals surface area contributed by atoms with Crippen molar-refractivity contribution < 1.29 is 42.9 Å². The highest BCUT2D eigenvalue weighted by atomic mass is 16.7. The molecule has 91 heavy (non-hydrogen) atoms. The molecular weight excluding hydrogens is 1130 g/mol. The van der Waals surface area contributed by atoms with Gasteiger partial charge in [-0.15, -0.1) is 0 Å². The Morgan fingerprint density at radius 2 is 0.593 bits per heavy atom. The van der Waals surface area contributed by atoms with Gasteiger partial charge in [-0.25, -0.2) is 0 Å². The fourth-order valence-electron chi connectivity index (χ4n) is 11.4. The third-order valence-corrected chi connectivity index (χ3v) is 17.4. The molecule has 0 heterocycles. The first kappa shape index (κ1) is 87.7. The van der Waals surface area contributed by atoms with Crippen LogP contribution in [0.25, 0.3) is 0 Å². The summed E-state index contributed by atoms with van der Waals surface area (Å²) in [5, 5.41) is 11.9. The van der Waals surface area contributed by atoms with E-state index in [4.69, 9.17) is 18.9 Å². The van der Waals surface area contributed by atoms with E-state index in [1.165, 1.54) is 283 Å². The molecule has 0 aliphatic heterocycles. The van der Waals surface area contributed by atoms with Crippen molar-refractivity contribution in [3.63, 3.8) is 0 Å². The predicted molar refractivity (Wildman–Crippen MR) is 389 cm³/mol. The predicted octanol–water partition coefficient (Wildman–Crippen LogP) is 23.5. The zero-order valence-corrected chi connectivity index (χ0v) is 60.7. The lowest BCUT2D eigenvalue weighted by atomic mass is 10.0. The fourth-order valence-corrected chi connectivity index (χ4v) is 11.4. The van der Waals surface area contributed by atoms with Crippen LogP contribution in [0.2, 0.25) is 0 Å². The lowest BCUT2D eigenvalue weighted by molar-refractivity contribution is -0.870. The first-order chi connectivity index (χ1) is 44.6. The molecule has 0 saturated heterocycles. The summed E-state index contributed by atoms with van der Waals surface area (Å²) in [5.74, 6) is -2.26. The highest BCUT2D eigenvalue weighted by Gasteiger charge is 2.22. The molecule has 9 heteroatoms. The molecule has 0 N–H and O–H groups in total. The Kier molecular flexibility index (Phi) is 69.9. The van der Waals surface area contributed by atoms with Crippen molar-refractivity contribution in [2.45, 2.75) is 386 Å². The van der Waals surface area contributed by atoms with Crippen LogP contribution in [-0.2, 0) is 33.3 Å². The van der Waals surface area contributed by atoms with Crippen molar-refractivity contribution in [2.75, 3.05) is 47.5 Å². The van der Waals surface area contributed by atoms with Gasteiger partial charge in [-0.05, 0) is 89.9 Å². The Labute approximate surface area is 564 Å². The Bertz CT molecular complexity index is 1730. The quantitative estimate of drug-likeness (QED) is 0.0195. The molecule has 0 radical (unpaired) electrons. The van der Waals surface area contributed by atoms with Crippen LogP contribution in [0.1, 0.15) is 373 Å². The van der Waals surface area contributed by atoms with E-state index in [1.807, 2.05) is 21.1 Å². The fraction of sp³-hybridized carbons (Fsp3) is 0.817. The van der Waals surface area contributed by atoms with Crippen LogP contribution in [0.5, 0.6) is 0 Å². The molecule has 9 nitrogen and oxygen atoms in total. The van der Waals surface area contributed by atoms with Gasteiger partial charge in [0.2, 0.25) is 0 Å². The van der Waals surface area contributed by atoms with E-state index >= 15 is 0 Å². The standard InChI is InChI=1S/C82H149NO8/c1-6-8-10-12-14-16-18-20-22-24-26-28-30-32-34-36-38-40-42-44-46-48-50-52-54-56-58-60-62-64-66-68-70-72-79(84)89-76-78(77-90-82(81(86)87)88-75-74-83(3,4)5)91-80(85)73-71-69-67-65-63-61-59-57-55-53-51-49-47-45-43-41-39-37-35-33-31-29-27-25-23-21-19-17-15-13-11-9-7-2/h18-21,24-27,30-33,78,82H,6-17,22-23,28-29,34-77H2,1-5H3/b20-18-,21-19-,26-24-,27-25-,32-30-,33-31-. The molecule has 0 bridgehead atoms. The maximum atomic E-state index is 13.0. The number of aliphatic carboxylic acids is 1. The zero-order valence-electron chi connectivity index (χ0n) is 60.7. The number of carboxylic acid groups (broad SMARTS) is 1. The van der Waals surface area contributed by atoms with E-state index in [0.29, 0.717) is 23.9 Å². The lowest BCUT2D eigenvalue weighted by Gasteiger charge is -2.26. The van der Waals surface area contributed by atoms with E-state index in [0.717, 1.165) is 57.8 Å². The monoisotopic (exact) mass is 1280 g/mol. The second kappa shape index (κ2) is 72.6. The maximum Gasteiger partial charge on any atom is 0.306 e. The summed E-state index contributed by atoms with van der Waals surface area (Å²) in [7, 11) is 5.94. The number of carboxylic acids is 1. The summed E-state index contributed by atoms with van der Waals surface area (Å²) in [5.41, 5.74) is 0. The minimum atomic E-state index is -1.62. The van der Waals surface area contributed by atoms with Gasteiger partial charge in [-0.3, -0.25) is 9.59 Å². The summed E-state index contributed by atoms with van der Waals surface area (Å²) in [6.45, 7) is 4.78. The van der Waals surface area contributed by atoms with Gasteiger partial charge in [-0.2, -0.15) is 0 Å². The molecule has 0 rings (SSSR count). The van der Waals surface area contributed by atoms with Crippen LogP contribution in [0.4, 0.5) is 0 Å². The SMILES string of the molecule is CCCCCCC/C=C\C/C=C\C/C=C\CCCCCCCCCCCCCCCCCCCCC(=O)OCC(COC(OCC[N+](C)(C)C)C(=O)[O-])OC(=O)CCCCCCCCCCCCCCCCCCCC/C=C\C/C=C\C/C=C\CCCCCCC. The van der Waals surface area contributed by atoms with Crippen molar-refractivity contribution >= 4 is 17.9 Å². The van der Waals surface area contributed by atoms with Crippen molar-refractivity contribution in [3.05, 3.63) is 72.9 Å². The topological polar surface area (TPSA) is 111 Å². The minimum absolute atomic E-state index is 0.148. The van der Waals surface area contributed by atoms with Crippen molar-refractivity contribution in [1.82, 2.24) is 0 Å². The molecule has 0 aromatic carbocycles.